The van der Waals surface area contributed by atoms with E-state index >= 15 is 0 Å². The Morgan fingerprint density at radius 2 is 1.73 bits per heavy atom. The first-order valence-electron chi connectivity index (χ1n) is 2.63. The second-order valence-corrected chi connectivity index (χ2v) is 2.29. The molecule has 0 aliphatic heterocycles. The van der Waals surface area contributed by atoms with Crippen molar-refractivity contribution in [3.63, 3.8) is 0 Å². The molecule has 0 saturated carbocycles. The fourth-order valence-electron chi connectivity index (χ4n) is 0.574. The van der Waals surface area contributed by atoms with Crippen molar-refractivity contribution in [2.24, 2.45) is 0 Å². The number of hydrogen-bond acceptors (Lipinski definition) is 3. The van der Waals surface area contributed by atoms with Crippen molar-refractivity contribution in [1.29, 1.82) is 0 Å². The first-order valence-corrected chi connectivity index (χ1v) is 3.08. The summed E-state index contributed by atoms with van der Waals surface area (Å²) in [6.45, 7) is 0. The maximum Gasteiger partial charge on any atom is 0.269 e. The molecule has 11 heavy (non-hydrogen) atoms. The topological polar surface area (TPSA) is 43.1 Å². The summed E-state index contributed by atoms with van der Waals surface area (Å²) in [5.74, 6) is 0. The minimum absolute atomic E-state index is 0. The molecule has 0 fully saturated rings. The largest absolute Gasteiger partial charge is 0.269 e. The molecule has 0 aliphatic carbocycles. The molecule has 0 heterocycles. The third-order valence-electron chi connectivity index (χ3n) is 1.06. The van der Waals surface area contributed by atoms with Gasteiger partial charge >= 0.3 is 0 Å². The number of benzene rings is 1. The predicted octanol–water partition coefficient (Wildman–Crippen LogP) is 2.00. The first kappa shape index (κ1) is 10.3. The smallest absolute Gasteiger partial charge is 0.258 e. The minimum atomic E-state index is -0.437. The standard InChI is InChI=1S/C6H5NO2S.H2S/c8-7(9)5-1-3-6(10)4-2-5;/h1-4,10H;1H2. The number of nitro benzene ring substituents is 1. The Balaban J connectivity index is 0.000001000. The molecule has 1 aromatic carbocycles. The van der Waals surface area contributed by atoms with Gasteiger partial charge in [-0.05, 0) is 12.1 Å². The number of hydrogen-bond donors (Lipinski definition) is 1. The predicted molar refractivity (Wildman–Crippen MR) is 50.7 cm³/mol. The van der Waals surface area contributed by atoms with E-state index in [1.165, 1.54) is 12.1 Å². The number of rotatable bonds is 1. The number of thiol groups is 1. The van der Waals surface area contributed by atoms with Crippen molar-refractivity contribution in [2.75, 3.05) is 0 Å². The Morgan fingerprint density at radius 1 is 1.27 bits per heavy atom. The van der Waals surface area contributed by atoms with Crippen LogP contribution < -0.4 is 0 Å². The van der Waals surface area contributed by atoms with Gasteiger partial charge in [-0.15, -0.1) is 12.6 Å². The van der Waals surface area contributed by atoms with Crippen LogP contribution in [0, 0.1) is 10.1 Å². The average Bonchev–Trinajstić information content (AvgIpc) is 1.88. The van der Waals surface area contributed by atoms with Crippen LogP contribution in [0.5, 0.6) is 0 Å². The Labute approximate surface area is 76.4 Å². The van der Waals surface area contributed by atoms with Crippen molar-refractivity contribution < 1.29 is 4.92 Å². The van der Waals surface area contributed by atoms with Crippen LogP contribution in [-0.2, 0) is 0 Å². The molecule has 0 spiro atoms. The molecule has 1 aromatic rings. The van der Waals surface area contributed by atoms with Gasteiger partial charge in [0.05, 0.1) is 4.92 Å². The molecule has 0 N–H and O–H groups in total. The maximum atomic E-state index is 10.1. The molecule has 0 radical (unpaired) electrons. The van der Waals surface area contributed by atoms with Gasteiger partial charge in [0.2, 0.25) is 0 Å². The van der Waals surface area contributed by atoms with E-state index in [1.807, 2.05) is 0 Å². The molecular weight excluding hydrogens is 182 g/mol. The van der Waals surface area contributed by atoms with Crippen molar-refractivity contribution in [2.45, 2.75) is 4.90 Å². The summed E-state index contributed by atoms with van der Waals surface area (Å²) in [5.41, 5.74) is 0.0952. The fraction of sp³-hybridized carbons (Fsp3) is 0. The molecule has 0 bridgehead atoms. The van der Waals surface area contributed by atoms with E-state index < -0.39 is 4.92 Å². The summed E-state index contributed by atoms with van der Waals surface area (Å²) in [7, 11) is 0. The van der Waals surface area contributed by atoms with Crippen LogP contribution in [0.25, 0.3) is 0 Å². The molecule has 0 atom stereocenters. The van der Waals surface area contributed by atoms with E-state index in [-0.39, 0.29) is 19.2 Å². The summed E-state index contributed by atoms with van der Waals surface area (Å²) in [6.07, 6.45) is 0. The van der Waals surface area contributed by atoms with E-state index in [9.17, 15) is 10.1 Å². The van der Waals surface area contributed by atoms with Gasteiger partial charge in [-0.1, -0.05) is 0 Å². The van der Waals surface area contributed by atoms with Crippen LogP contribution in [0.1, 0.15) is 0 Å². The van der Waals surface area contributed by atoms with Gasteiger partial charge in [-0.3, -0.25) is 10.1 Å². The second kappa shape index (κ2) is 4.25. The molecule has 0 aromatic heterocycles. The van der Waals surface area contributed by atoms with E-state index in [1.54, 1.807) is 12.1 Å². The lowest BCUT2D eigenvalue weighted by Crippen LogP contribution is -1.85. The van der Waals surface area contributed by atoms with Gasteiger partial charge in [0.25, 0.3) is 5.69 Å². The van der Waals surface area contributed by atoms with Gasteiger partial charge in [-0.2, -0.15) is 13.5 Å². The summed E-state index contributed by atoms with van der Waals surface area (Å²) >= 11 is 3.98. The molecule has 60 valence electrons. The van der Waals surface area contributed by atoms with Crippen molar-refractivity contribution >= 4 is 31.8 Å². The van der Waals surface area contributed by atoms with Crippen LogP contribution >= 0.6 is 26.1 Å². The van der Waals surface area contributed by atoms with Crippen molar-refractivity contribution in [3.05, 3.63) is 34.4 Å². The third kappa shape index (κ3) is 2.81. The van der Waals surface area contributed by atoms with Gasteiger partial charge in [0.15, 0.2) is 0 Å². The first-order chi connectivity index (χ1) is 4.70. The van der Waals surface area contributed by atoms with E-state index in [4.69, 9.17) is 0 Å². The molecule has 0 unspecified atom stereocenters. The third-order valence-corrected chi connectivity index (χ3v) is 1.36. The molecule has 5 heteroatoms. The zero-order valence-electron chi connectivity index (χ0n) is 5.52. The van der Waals surface area contributed by atoms with Crippen LogP contribution in [-0.4, -0.2) is 4.92 Å². The average molecular weight is 189 g/mol. The van der Waals surface area contributed by atoms with Crippen LogP contribution in [0.4, 0.5) is 5.69 Å². The number of non-ortho nitro benzene ring substituents is 1. The molecule has 3 nitrogen and oxygen atoms in total. The lowest BCUT2D eigenvalue weighted by Gasteiger charge is -1.89. The molecule has 0 saturated heterocycles. The Kier molecular flexibility index (Phi) is 3.99. The Bertz CT molecular complexity index is 247. The molecule has 0 aliphatic rings. The number of nitrogens with zero attached hydrogens (tertiary/aromatic N) is 1. The monoisotopic (exact) mass is 189 g/mol. The quantitative estimate of drug-likeness (QED) is 0.417. The minimum Gasteiger partial charge on any atom is -0.258 e. The summed E-state index contributed by atoms with van der Waals surface area (Å²) < 4.78 is 0. The van der Waals surface area contributed by atoms with Gasteiger partial charge in [0, 0.05) is 17.0 Å². The van der Waals surface area contributed by atoms with E-state index in [0.29, 0.717) is 0 Å². The highest BCUT2D eigenvalue weighted by Crippen LogP contribution is 2.13. The zero-order chi connectivity index (χ0) is 7.56. The fourth-order valence-corrected chi connectivity index (χ4v) is 0.723. The summed E-state index contributed by atoms with van der Waals surface area (Å²) in [4.78, 5) is 10.4. The van der Waals surface area contributed by atoms with Crippen molar-refractivity contribution in [3.8, 4) is 0 Å². The van der Waals surface area contributed by atoms with Crippen LogP contribution in [0.2, 0.25) is 0 Å². The van der Waals surface area contributed by atoms with Crippen LogP contribution in [0.15, 0.2) is 29.2 Å². The van der Waals surface area contributed by atoms with Crippen molar-refractivity contribution in [1.82, 2.24) is 0 Å². The molecule has 0 amide bonds. The lowest BCUT2D eigenvalue weighted by atomic mass is 10.3. The Hall–Kier alpha value is -0.680. The van der Waals surface area contributed by atoms with Gasteiger partial charge in [0.1, 0.15) is 0 Å². The molecular formula is C6H7NO2S2. The maximum absolute atomic E-state index is 10.1. The zero-order valence-corrected chi connectivity index (χ0v) is 7.41. The van der Waals surface area contributed by atoms with Crippen LogP contribution in [0.3, 0.4) is 0 Å². The number of nitro groups is 1. The van der Waals surface area contributed by atoms with Gasteiger partial charge in [-0.25, -0.2) is 0 Å². The second-order valence-electron chi connectivity index (χ2n) is 1.77. The lowest BCUT2D eigenvalue weighted by molar-refractivity contribution is -0.384. The highest BCUT2D eigenvalue weighted by molar-refractivity contribution is 7.80. The molecule has 1 rings (SSSR count). The van der Waals surface area contributed by atoms with E-state index in [2.05, 4.69) is 12.6 Å². The van der Waals surface area contributed by atoms with E-state index in [0.717, 1.165) is 4.90 Å². The SMILES string of the molecule is O=[N+]([O-])c1ccc(S)cc1.S. The Morgan fingerprint density at radius 3 is 2.09 bits per heavy atom. The summed E-state index contributed by atoms with van der Waals surface area (Å²) in [6, 6.07) is 6.01. The highest BCUT2D eigenvalue weighted by Gasteiger charge is 2.00. The summed E-state index contributed by atoms with van der Waals surface area (Å²) in [5, 5.41) is 10.1. The van der Waals surface area contributed by atoms with Gasteiger partial charge < -0.3 is 0 Å². The normalized spacial score (nSPS) is 8.45. The highest BCUT2D eigenvalue weighted by atomic mass is 32.1.